The van der Waals surface area contributed by atoms with E-state index in [1.165, 1.54) is 5.56 Å². The number of pyridine rings is 2. The van der Waals surface area contributed by atoms with Crippen molar-refractivity contribution in [2.75, 3.05) is 4.90 Å². The molecule has 7 rings (SSSR count). The Hall–Kier alpha value is -4.47. The smallest absolute Gasteiger partial charge is 0.513 e. The second-order valence-corrected chi connectivity index (χ2v) is 15.4. The van der Waals surface area contributed by atoms with Gasteiger partial charge in [0.2, 0.25) is 6.34 Å². The van der Waals surface area contributed by atoms with E-state index in [2.05, 4.69) is 173 Å². The third-order valence-corrected chi connectivity index (χ3v) is 9.28. The molecular weight excluding hydrogens is 784 g/mol. The number of hydrogen-bond acceptors (Lipinski definition) is 3. The number of hydrogen-bond donors (Lipinski definition) is 1. The molecular formula is C43H43N4OPt+. The van der Waals surface area contributed by atoms with Gasteiger partial charge in [0.25, 0.3) is 0 Å². The van der Waals surface area contributed by atoms with Gasteiger partial charge in [-0.15, -0.1) is 0 Å². The molecule has 4 heterocycles. The molecule has 1 aliphatic rings. The second kappa shape index (κ2) is 12.4. The van der Waals surface area contributed by atoms with Crippen molar-refractivity contribution in [3.05, 3.63) is 132 Å². The molecule has 1 N–H and O–H groups in total. The van der Waals surface area contributed by atoms with Gasteiger partial charge in [-0.1, -0.05) is 131 Å². The Kier molecular flexibility index (Phi) is 8.74. The number of anilines is 1. The van der Waals surface area contributed by atoms with Crippen LogP contribution in [0.5, 0.6) is 5.75 Å². The maximum atomic E-state index is 11.9. The fourth-order valence-electron chi connectivity index (χ4n) is 6.60. The molecule has 5 nitrogen and oxygen atoms in total. The van der Waals surface area contributed by atoms with Crippen LogP contribution in [0.3, 0.4) is 0 Å². The SMILES string of the molecule is CC(C)(C)c1cc(N2[C-]=[n+]3c(-c4[c-]n(-c5cc(-c6ccccc6)ccn5)c5ccccc45)cccc3=CC2(C)C)c(O)c(C(C)(C)C)c1.[Pt+2]. The molecule has 0 saturated carbocycles. The van der Waals surface area contributed by atoms with Crippen LogP contribution < -0.4 is 14.5 Å². The van der Waals surface area contributed by atoms with Gasteiger partial charge >= 0.3 is 21.1 Å². The molecule has 250 valence electrons. The first kappa shape index (κ1) is 34.4. The summed E-state index contributed by atoms with van der Waals surface area (Å²) in [6.45, 7) is 17.4. The van der Waals surface area contributed by atoms with Gasteiger partial charge in [0.05, 0.1) is 22.5 Å². The number of para-hydroxylation sites is 1. The number of phenols is 1. The van der Waals surface area contributed by atoms with Crippen LogP contribution >= 0.6 is 0 Å². The Bertz CT molecular complexity index is 2310. The van der Waals surface area contributed by atoms with Crippen LogP contribution in [0.2, 0.25) is 0 Å². The fourth-order valence-corrected chi connectivity index (χ4v) is 6.60. The summed E-state index contributed by atoms with van der Waals surface area (Å²) in [6.07, 6.45) is 11.5. The van der Waals surface area contributed by atoms with Crippen LogP contribution in [0, 0.1) is 12.5 Å². The molecule has 1 aliphatic heterocycles. The first-order valence-electron chi connectivity index (χ1n) is 16.6. The average molecular weight is 827 g/mol. The monoisotopic (exact) mass is 826 g/mol. The topological polar surface area (TPSA) is 47.2 Å². The molecule has 0 unspecified atom stereocenters. The summed E-state index contributed by atoms with van der Waals surface area (Å²) in [5.74, 6) is 1.09. The maximum absolute atomic E-state index is 11.9. The van der Waals surface area contributed by atoms with E-state index in [-0.39, 0.29) is 31.9 Å². The zero-order valence-electron chi connectivity index (χ0n) is 29.4. The van der Waals surface area contributed by atoms with Gasteiger partial charge in [0.1, 0.15) is 11.3 Å². The summed E-state index contributed by atoms with van der Waals surface area (Å²) in [4.78, 5) is 6.87. The molecule has 0 bridgehead atoms. The Morgan fingerprint density at radius 3 is 2.20 bits per heavy atom. The average Bonchev–Trinajstić information content (AvgIpc) is 3.43. The molecule has 0 spiro atoms. The zero-order valence-corrected chi connectivity index (χ0v) is 31.7. The van der Waals surface area contributed by atoms with E-state index in [1.807, 2.05) is 18.3 Å². The minimum atomic E-state index is -0.471. The molecule has 0 amide bonds. The van der Waals surface area contributed by atoms with E-state index in [4.69, 9.17) is 4.98 Å². The van der Waals surface area contributed by atoms with Crippen molar-refractivity contribution >= 4 is 22.7 Å². The minimum Gasteiger partial charge on any atom is -0.513 e. The third-order valence-electron chi connectivity index (χ3n) is 9.28. The molecule has 0 aliphatic carbocycles. The van der Waals surface area contributed by atoms with E-state index < -0.39 is 5.54 Å². The molecule has 0 atom stereocenters. The van der Waals surface area contributed by atoms with E-state index >= 15 is 0 Å². The quantitative estimate of drug-likeness (QED) is 0.143. The third kappa shape index (κ3) is 6.26. The minimum absolute atomic E-state index is 0. The number of nitrogens with zero attached hydrogens (tertiary/aromatic N) is 4. The second-order valence-electron chi connectivity index (χ2n) is 15.4. The van der Waals surface area contributed by atoms with Gasteiger partial charge in [-0.2, -0.15) is 0 Å². The van der Waals surface area contributed by atoms with E-state index in [0.717, 1.165) is 55.7 Å². The van der Waals surface area contributed by atoms with Crippen molar-refractivity contribution in [1.82, 2.24) is 9.55 Å². The maximum Gasteiger partial charge on any atom is 2.00 e. The van der Waals surface area contributed by atoms with Crippen molar-refractivity contribution in [3.63, 3.8) is 0 Å². The molecule has 6 aromatic rings. The predicted octanol–water partition coefficient (Wildman–Crippen LogP) is 8.67. The van der Waals surface area contributed by atoms with Crippen molar-refractivity contribution in [3.8, 4) is 34.0 Å². The molecule has 3 aromatic heterocycles. The van der Waals surface area contributed by atoms with Gasteiger partial charge < -0.3 is 13.9 Å². The van der Waals surface area contributed by atoms with Crippen LogP contribution in [0.1, 0.15) is 66.5 Å². The summed E-state index contributed by atoms with van der Waals surface area (Å²) in [5.41, 5.74) is 7.16. The van der Waals surface area contributed by atoms with Crippen molar-refractivity contribution in [1.29, 1.82) is 0 Å². The van der Waals surface area contributed by atoms with Crippen LogP contribution in [0.4, 0.5) is 5.69 Å². The number of phenolic OH excluding ortho intramolecular Hbond substituents is 1. The Balaban J connectivity index is 0.00000417. The van der Waals surface area contributed by atoms with Crippen LogP contribution in [-0.4, -0.2) is 20.2 Å². The fraction of sp³-hybridized carbons (Fsp3) is 0.256. The van der Waals surface area contributed by atoms with Crippen LogP contribution in [0.15, 0.2) is 103 Å². The van der Waals surface area contributed by atoms with Crippen LogP contribution in [0.25, 0.3) is 45.2 Å². The summed E-state index contributed by atoms with van der Waals surface area (Å²) in [7, 11) is 0. The molecule has 49 heavy (non-hydrogen) atoms. The number of rotatable bonds is 4. The standard InChI is InChI=1S/C43H43N4O.Pt/c1-41(2,3)31-24-35(42(4,5)6)40(48)38(25-31)47-28-46-32(26-43(47,7)8)17-14-20-37(46)34-27-45(36-19-13-12-18-33(34)36)39-23-30(21-22-44-39)29-15-10-9-11-16-29;/h9-26,48H,1-8H3;/q-1;+2. The van der Waals surface area contributed by atoms with Crippen molar-refractivity contribution in [2.45, 2.75) is 71.8 Å². The predicted molar refractivity (Wildman–Crippen MR) is 196 cm³/mol. The number of aromatic nitrogens is 3. The largest absolute Gasteiger partial charge is 2.00 e. The number of fused-ring (bicyclic) bond motifs is 2. The van der Waals surface area contributed by atoms with Crippen LogP contribution in [-0.2, 0) is 31.9 Å². The zero-order chi connectivity index (χ0) is 34.0. The van der Waals surface area contributed by atoms with Crippen molar-refractivity contribution < 1.29 is 30.4 Å². The van der Waals surface area contributed by atoms with Crippen molar-refractivity contribution in [2.24, 2.45) is 0 Å². The molecule has 0 saturated heterocycles. The molecule has 3 aromatic carbocycles. The van der Waals surface area contributed by atoms with E-state index in [9.17, 15) is 5.11 Å². The van der Waals surface area contributed by atoms with Gasteiger partial charge in [-0.25, -0.2) is 0 Å². The number of aromatic hydroxyl groups is 1. The summed E-state index contributed by atoms with van der Waals surface area (Å²) >= 11 is 0. The number of benzene rings is 3. The normalized spacial score (nSPS) is 14.1. The summed E-state index contributed by atoms with van der Waals surface area (Å²) in [5, 5.41) is 14.0. The molecule has 6 heteroatoms. The van der Waals surface area contributed by atoms with E-state index in [1.54, 1.807) is 0 Å². The summed E-state index contributed by atoms with van der Waals surface area (Å²) < 4.78 is 4.15. The first-order chi connectivity index (χ1) is 22.7. The van der Waals surface area contributed by atoms with Gasteiger partial charge in [0, 0.05) is 6.20 Å². The molecule has 0 radical (unpaired) electrons. The molecule has 0 fully saturated rings. The Morgan fingerprint density at radius 1 is 0.776 bits per heavy atom. The van der Waals surface area contributed by atoms with E-state index in [0.29, 0.717) is 5.75 Å². The Labute approximate surface area is 304 Å². The van der Waals surface area contributed by atoms with Gasteiger partial charge in [-0.3, -0.25) is 9.88 Å². The van der Waals surface area contributed by atoms with Gasteiger partial charge in [-0.05, 0) is 82.9 Å². The Morgan fingerprint density at radius 2 is 1.49 bits per heavy atom. The first-order valence-corrected chi connectivity index (χ1v) is 16.6. The van der Waals surface area contributed by atoms with Gasteiger partial charge in [0.15, 0.2) is 0 Å². The summed E-state index contributed by atoms with van der Waals surface area (Å²) in [6, 6.07) is 33.5.